The Kier molecular flexibility index (Phi) is 3.84. The van der Waals surface area contributed by atoms with E-state index in [4.69, 9.17) is 0 Å². The normalized spacial score (nSPS) is 11.3. The monoisotopic (exact) mass is 367 g/mol. The fraction of sp³-hybridized carbons (Fsp3) is 0.222. The Bertz CT molecular complexity index is 1220. The first kappa shape index (κ1) is 16.5. The molecule has 3 aromatic heterocycles. The summed E-state index contributed by atoms with van der Waals surface area (Å²) in [5, 5.41) is 3.42. The molecule has 0 aliphatic rings. The molecular weight excluding hydrogens is 350 g/mol. The van der Waals surface area contributed by atoms with E-state index in [1.807, 2.05) is 26.0 Å². The minimum atomic E-state index is -0.187. The number of aryl methyl sites for hydroxylation is 3. The number of benzene rings is 1. The Morgan fingerprint density at radius 3 is 2.88 bits per heavy atom. The molecule has 1 N–H and O–H groups in total. The van der Waals surface area contributed by atoms with Crippen molar-refractivity contribution >= 4 is 43.8 Å². The molecule has 0 radical (unpaired) electrons. The summed E-state index contributed by atoms with van der Waals surface area (Å²) < 4.78 is 4.27. The van der Waals surface area contributed by atoms with Crippen LogP contribution in [0.1, 0.15) is 11.1 Å². The minimum absolute atomic E-state index is 0.102. The Balaban J connectivity index is 1.61. The second kappa shape index (κ2) is 6.06. The second-order valence-corrected chi connectivity index (χ2v) is 7.34. The number of fused-ring (bicyclic) bond motifs is 2. The number of thiazole rings is 1. The summed E-state index contributed by atoms with van der Waals surface area (Å²) >= 11 is 1.45. The molecule has 0 unspecified atom stereocenters. The Morgan fingerprint density at radius 1 is 1.27 bits per heavy atom. The molecule has 0 atom stereocenters. The highest BCUT2D eigenvalue weighted by Crippen LogP contribution is 2.26. The summed E-state index contributed by atoms with van der Waals surface area (Å²) in [6.07, 6.45) is 1.58. The van der Waals surface area contributed by atoms with Crippen molar-refractivity contribution in [3.8, 4) is 0 Å². The van der Waals surface area contributed by atoms with E-state index in [2.05, 4.69) is 21.4 Å². The van der Waals surface area contributed by atoms with Gasteiger partial charge in [0.1, 0.15) is 6.54 Å². The van der Waals surface area contributed by atoms with E-state index in [1.54, 1.807) is 24.0 Å². The molecule has 1 amide bonds. The standard InChI is InChI=1S/C18H17N5O2S/c1-10-4-5-12-13(6-10)26-18(20-12)21-14(24)8-23-9-19-17-16(23)11(2)7-15(25)22(17)3/h4-7,9H,8H2,1-3H3,(H,20,21,24). The summed E-state index contributed by atoms with van der Waals surface area (Å²) in [6.45, 7) is 3.97. The highest BCUT2D eigenvalue weighted by atomic mass is 32.1. The molecule has 0 saturated heterocycles. The van der Waals surface area contributed by atoms with E-state index in [-0.39, 0.29) is 18.0 Å². The molecule has 0 aliphatic heterocycles. The Morgan fingerprint density at radius 2 is 2.08 bits per heavy atom. The van der Waals surface area contributed by atoms with E-state index in [0.29, 0.717) is 10.8 Å². The highest BCUT2D eigenvalue weighted by Gasteiger charge is 2.14. The van der Waals surface area contributed by atoms with Crippen LogP contribution in [0.25, 0.3) is 21.4 Å². The number of pyridine rings is 1. The predicted octanol–water partition coefficient (Wildman–Crippen LogP) is 2.60. The molecule has 3 heterocycles. The van der Waals surface area contributed by atoms with Gasteiger partial charge in [0, 0.05) is 13.1 Å². The summed E-state index contributed by atoms with van der Waals surface area (Å²) in [5.41, 5.74) is 4.05. The zero-order chi connectivity index (χ0) is 18.4. The smallest absolute Gasteiger partial charge is 0.252 e. The lowest BCUT2D eigenvalue weighted by molar-refractivity contribution is -0.116. The van der Waals surface area contributed by atoms with Crippen LogP contribution in [0, 0.1) is 13.8 Å². The number of imidazole rings is 1. The highest BCUT2D eigenvalue weighted by molar-refractivity contribution is 7.22. The third-order valence-electron chi connectivity index (χ3n) is 4.28. The van der Waals surface area contributed by atoms with Crippen LogP contribution in [0.2, 0.25) is 0 Å². The van der Waals surface area contributed by atoms with Crippen molar-refractivity contribution in [1.82, 2.24) is 19.1 Å². The van der Waals surface area contributed by atoms with E-state index in [0.717, 1.165) is 26.9 Å². The zero-order valence-corrected chi connectivity index (χ0v) is 15.4. The van der Waals surface area contributed by atoms with E-state index in [9.17, 15) is 9.59 Å². The van der Waals surface area contributed by atoms with Gasteiger partial charge >= 0.3 is 0 Å². The third kappa shape index (κ3) is 2.78. The van der Waals surface area contributed by atoms with E-state index < -0.39 is 0 Å². The number of amides is 1. The second-order valence-electron chi connectivity index (χ2n) is 6.31. The molecular formula is C18H17N5O2S. The van der Waals surface area contributed by atoms with Crippen LogP contribution in [0.4, 0.5) is 5.13 Å². The topological polar surface area (TPSA) is 81.8 Å². The van der Waals surface area contributed by atoms with E-state index in [1.165, 1.54) is 15.9 Å². The first-order chi connectivity index (χ1) is 12.4. The maximum Gasteiger partial charge on any atom is 0.252 e. The average molecular weight is 367 g/mol. The lowest BCUT2D eigenvalue weighted by Gasteiger charge is -2.07. The number of nitrogens with zero attached hydrogens (tertiary/aromatic N) is 4. The van der Waals surface area contributed by atoms with Gasteiger partial charge in [0.2, 0.25) is 5.91 Å². The average Bonchev–Trinajstić information content (AvgIpc) is 3.16. The Hall–Kier alpha value is -3.00. The lowest BCUT2D eigenvalue weighted by atomic mass is 10.2. The van der Waals surface area contributed by atoms with Crippen molar-refractivity contribution in [2.24, 2.45) is 7.05 Å². The van der Waals surface area contributed by atoms with Crippen LogP contribution >= 0.6 is 11.3 Å². The number of carbonyl (C=O) groups excluding carboxylic acids is 1. The molecule has 1 aromatic carbocycles. The largest absolute Gasteiger partial charge is 0.320 e. The van der Waals surface area contributed by atoms with Crippen molar-refractivity contribution in [3.63, 3.8) is 0 Å². The number of carbonyl (C=O) groups is 1. The van der Waals surface area contributed by atoms with Crippen molar-refractivity contribution in [1.29, 1.82) is 0 Å². The maximum absolute atomic E-state index is 12.5. The van der Waals surface area contributed by atoms with Gasteiger partial charge in [-0.25, -0.2) is 9.97 Å². The van der Waals surface area contributed by atoms with Gasteiger partial charge in [0.05, 0.1) is 22.1 Å². The zero-order valence-electron chi connectivity index (χ0n) is 14.6. The number of rotatable bonds is 3. The van der Waals surface area contributed by atoms with Gasteiger partial charge in [-0.15, -0.1) is 0 Å². The quantitative estimate of drug-likeness (QED) is 0.603. The molecule has 4 rings (SSSR count). The first-order valence-corrected chi connectivity index (χ1v) is 8.92. The molecule has 0 fully saturated rings. The maximum atomic E-state index is 12.5. The lowest BCUT2D eigenvalue weighted by Crippen LogP contribution is -2.20. The molecule has 0 bridgehead atoms. The predicted molar refractivity (Wildman–Crippen MR) is 103 cm³/mol. The fourth-order valence-electron chi connectivity index (χ4n) is 2.99. The van der Waals surface area contributed by atoms with Crippen LogP contribution in [0.5, 0.6) is 0 Å². The van der Waals surface area contributed by atoms with Gasteiger partial charge in [-0.2, -0.15) is 0 Å². The van der Waals surface area contributed by atoms with Crippen LogP contribution in [0.3, 0.4) is 0 Å². The van der Waals surface area contributed by atoms with Gasteiger partial charge < -0.3 is 9.88 Å². The number of aromatic nitrogens is 4. The van der Waals surface area contributed by atoms with Crippen molar-refractivity contribution in [3.05, 3.63) is 52.1 Å². The molecule has 132 valence electrons. The Labute approximate surface area is 152 Å². The van der Waals surface area contributed by atoms with Gasteiger partial charge in [0.15, 0.2) is 10.8 Å². The van der Waals surface area contributed by atoms with Crippen LogP contribution in [-0.4, -0.2) is 25.0 Å². The van der Waals surface area contributed by atoms with Crippen molar-refractivity contribution < 1.29 is 4.79 Å². The fourth-order valence-corrected chi connectivity index (χ4v) is 3.97. The summed E-state index contributed by atoms with van der Waals surface area (Å²) in [5.74, 6) is -0.187. The van der Waals surface area contributed by atoms with E-state index >= 15 is 0 Å². The molecule has 0 spiro atoms. The van der Waals surface area contributed by atoms with Crippen molar-refractivity contribution in [2.45, 2.75) is 20.4 Å². The molecule has 26 heavy (non-hydrogen) atoms. The van der Waals surface area contributed by atoms with Crippen molar-refractivity contribution in [2.75, 3.05) is 5.32 Å². The number of hydrogen-bond acceptors (Lipinski definition) is 5. The molecule has 4 aromatic rings. The first-order valence-electron chi connectivity index (χ1n) is 8.11. The minimum Gasteiger partial charge on any atom is -0.320 e. The number of nitrogens with one attached hydrogen (secondary N) is 1. The molecule has 8 heteroatoms. The van der Waals surface area contributed by atoms with Crippen LogP contribution in [0.15, 0.2) is 35.4 Å². The summed E-state index contributed by atoms with van der Waals surface area (Å²) in [4.78, 5) is 33.1. The molecule has 7 nitrogen and oxygen atoms in total. The van der Waals surface area contributed by atoms with Gasteiger partial charge in [-0.3, -0.25) is 14.2 Å². The van der Waals surface area contributed by atoms with Crippen LogP contribution < -0.4 is 10.9 Å². The SMILES string of the molecule is Cc1ccc2nc(NC(=O)Cn3cnc4c3c(C)cc(=O)n4C)sc2c1. The molecule has 0 aliphatic carbocycles. The van der Waals surface area contributed by atoms with Gasteiger partial charge in [0.25, 0.3) is 5.56 Å². The van der Waals surface area contributed by atoms with Gasteiger partial charge in [-0.1, -0.05) is 17.4 Å². The van der Waals surface area contributed by atoms with Gasteiger partial charge in [-0.05, 0) is 37.1 Å². The number of anilines is 1. The summed E-state index contributed by atoms with van der Waals surface area (Å²) in [7, 11) is 1.67. The molecule has 0 saturated carbocycles. The van der Waals surface area contributed by atoms with Crippen LogP contribution in [-0.2, 0) is 18.4 Å². The third-order valence-corrected chi connectivity index (χ3v) is 5.22. The summed E-state index contributed by atoms with van der Waals surface area (Å²) in [6, 6.07) is 7.55. The number of hydrogen-bond donors (Lipinski definition) is 1.